The largest absolute Gasteiger partial charge is 0.496 e. The number of methoxy groups -OCH3 is 1. The van der Waals surface area contributed by atoms with Crippen LogP contribution in [0.2, 0.25) is 0 Å². The Morgan fingerprint density at radius 2 is 1.69 bits per heavy atom. The average Bonchev–Trinajstić information content (AvgIpc) is 3.53. The van der Waals surface area contributed by atoms with Crippen molar-refractivity contribution >= 4 is 17.8 Å². The molecule has 5 rings (SSSR count). The predicted octanol–water partition coefficient (Wildman–Crippen LogP) is 5.24. The van der Waals surface area contributed by atoms with Gasteiger partial charge in [0.2, 0.25) is 5.91 Å². The minimum Gasteiger partial charge on any atom is -0.496 e. The zero-order valence-corrected chi connectivity index (χ0v) is 23.8. The van der Waals surface area contributed by atoms with E-state index in [1.165, 1.54) is 7.11 Å². The summed E-state index contributed by atoms with van der Waals surface area (Å²) in [5.74, 6) is -3.88. The number of carbonyl (C=O) groups excluding carboxylic acids is 2. The Labute approximate surface area is 241 Å². The highest BCUT2D eigenvalue weighted by atomic mass is 19.4. The summed E-state index contributed by atoms with van der Waals surface area (Å²) >= 11 is 0. The van der Waals surface area contributed by atoms with Gasteiger partial charge in [0.05, 0.1) is 24.7 Å². The quantitative estimate of drug-likeness (QED) is 0.335. The highest BCUT2D eigenvalue weighted by molar-refractivity contribution is 5.98. The monoisotopic (exact) mass is 598 g/mol. The number of benzene rings is 1. The summed E-state index contributed by atoms with van der Waals surface area (Å²) in [7, 11) is 1.28. The van der Waals surface area contributed by atoms with Gasteiger partial charge >= 0.3 is 12.1 Å². The smallest absolute Gasteiger partial charge is 0.404 e. The number of hydrogen-bond donors (Lipinski definition) is 3. The van der Waals surface area contributed by atoms with Crippen molar-refractivity contribution in [3.05, 3.63) is 23.5 Å². The molecule has 232 valence electrons. The van der Waals surface area contributed by atoms with Crippen LogP contribution in [0, 0.1) is 34.4 Å². The second-order valence-corrected chi connectivity index (χ2v) is 12.9. The van der Waals surface area contributed by atoms with E-state index in [0.29, 0.717) is 6.54 Å². The molecule has 0 spiro atoms. The number of fused-ring (bicyclic) bond motifs is 2. The molecule has 0 saturated heterocycles. The minimum absolute atomic E-state index is 0.0243. The molecule has 1 aromatic carbocycles. The summed E-state index contributed by atoms with van der Waals surface area (Å²) in [5, 5.41) is 15.4. The summed E-state index contributed by atoms with van der Waals surface area (Å²) in [4.78, 5) is 38.3. The maximum atomic E-state index is 15.0. The maximum Gasteiger partial charge on any atom is 0.404 e. The number of halogens is 4. The van der Waals surface area contributed by atoms with E-state index in [-0.39, 0.29) is 59.0 Å². The summed E-state index contributed by atoms with van der Waals surface area (Å²) in [6, 6.07) is 1.75. The molecule has 42 heavy (non-hydrogen) atoms. The third-order valence-corrected chi connectivity index (χ3v) is 10.3. The lowest BCUT2D eigenvalue weighted by Gasteiger charge is -2.39. The molecule has 2 bridgehead atoms. The summed E-state index contributed by atoms with van der Waals surface area (Å²) in [6.07, 6.45) is -1.74. The number of carbonyl (C=O) groups is 3. The van der Waals surface area contributed by atoms with E-state index in [9.17, 15) is 37.1 Å². The van der Waals surface area contributed by atoms with Gasteiger partial charge in [-0.05, 0) is 81.1 Å². The topological polar surface area (TPSA) is 114 Å². The first-order valence-corrected chi connectivity index (χ1v) is 14.7. The Bertz CT molecular complexity index is 1220. The van der Waals surface area contributed by atoms with E-state index in [1.807, 2.05) is 0 Å². The molecule has 4 aliphatic carbocycles. The van der Waals surface area contributed by atoms with Crippen LogP contribution in [0.15, 0.2) is 12.1 Å². The standard InChI is InChI=1S/C30H38F4N2O6/c1-28(8-3-9-28)15-35-26(38)23-16-4-5-17(12-16)24(23)36-25(37)19-13-22(20(31)14-21(19)41-2)42-18-6-10-29(11-7-18,27(39)40)30(32,33)34/h13-14,16-18,23-24H,3-12,15H2,1-2H3,(H,35,38)(H,36,37)(H,39,40)/t16-,17+,18?,23+,24-,29?/m1/s1. The Balaban J connectivity index is 1.29. The van der Waals surface area contributed by atoms with Gasteiger partial charge in [0, 0.05) is 18.7 Å². The molecule has 0 radical (unpaired) electrons. The van der Waals surface area contributed by atoms with Crippen molar-refractivity contribution in [1.82, 2.24) is 10.6 Å². The van der Waals surface area contributed by atoms with Crippen LogP contribution < -0.4 is 20.1 Å². The zero-order chi connectivity index (χ0) is 30.4. The van der Waals surface area contributed by atoms with Crippen LogP contribution in [0.1, 0.15) is 81.5 Å². The molecule has 4 aliphatic rings. The first-order valence-electron chi connectivity index (χ1n) is 14.7. The van der Waals surface area contributed by atoms with E-state index in [1.54, 1.807) is 0 Å². The SMILES string of the molecule is COc1cc(F)c(OC2CCC(C(=O)O)(C(F)(F)F)CC2)cc1C(=O)N[C@@H]1[C@H]2CC[C@H](C2)[C@@H]1C(=O)NCC1(C)CCC1. The third kappa shape index (κ3) is 5.53. The van der Waals surface area contributed by atoms with Crippen LogP contribution in [0.4, 0.5) is 17.6 Å². The normalized spacial score (nSPS) is 31.6. The van der Waals surface area contributed by atoms with Gasteiger partial charge in [-0.2, -0.15) is 13.2 Å². The molecule has 1 aromatic rings. The summed E-state index contributed by atoms with van der Waals surface area (Å²) in [6.45, 7) is 2.76. The fraction of sp³-hybridized carbons (Fsp3) is 0.700. The van der Waals surface area contributed by atoms with Crippen molar-refractivity contribution in [2.45, 2.75) is 89.5 Å². The fourth-order valence-corrected chi connectivity index (χ4v) is 7.45. The average molecular weight is 599 g/mol. The molecule has 12 heteroatoms. The number of ether oxygens (including phenoxy) is 2. The van der Waals surface area contributed by atoms with Crippen LogP contribution in [-0.2, 0) is 9.59 Å². The second-order valence-electron chi connectivity index (χ2n) is 12.9. The number of alkyl halides is 3. The second kappa shape index (κ2) is 11.2. The van der Waals surface area contributed by atoms with Gasteiger partial charge < -0.3 is 25.2 Å². The molecule has 4 saturated carbocycles. The highest BCUT2D eigenvalue weighted by Crippen LogP contribution is 2.51. The highest BCUT2D eigenvalue weighted by Gasteiger charge is 2.61. The molecule has 2 amide bonds. The Morgan fingerprint density at radius 1 is 1.02 bits per heavy atom. The van der Waals surface area contributed by atoms with Crippen LogP contribution in [0.3, 0.4) is 0 Å². The van der Waals surface area contributed by atoms with E-state index >= 15 is 0 Å². The number of carboxylic acids is 1. The van der Waals surface area contributed by atoms with Gasteiger partial charge in [-0.15, -0.1) is 0 Å². The molecule has 8 nitrogen and oxygen atoms in total. The molecular weight excluding hydrogens is 560 g/mol. The van der Waals surface area contributed by atoms with Crippen molar-refractivity contribution < 1.29 is 46.5 Å². The number of rotatable bonds is 9. The maximum absolute atomic E-state index is 15.0. The number of aliphatic carboxylic acids is 1. The van der Waals surface area contributed by atoms with Crippen LogP contribution in [-0.4, -0.2) is 54.9 Å². The molecule has 4 fully saturated rings. The van der Waals surface area contributed by atoms with E-state index < -0.39 is 54.3 Å². The zero-order valence-electron chi connectivity index (χ0n) is 23.8. The van der Waals surface area contributed by atoms with Gasteiger partial charge in [-0.1, -0.05) is 13.3 Å². The molecule has 0 aromatic heterocycles. The number of hydrogen-bond acceptors (Lipinski definition) is 5. The molecular formula is C30H38F4N2O6. The number of amides is 2. The van der Waals surface area contributed by atoms with Gasteiger partial charge in [0.15, 0.2) is 17.0 Å². The van der Waals surface area contributed by atoms with Gasteiger partial charge in [-0.3, -0.25) is 14.4 Å². The van der Waals surface area contributed by atoms with Crippen LogP contribution in [0.5, 0.6) is 11.5 Å². The van der Waals surface area contributed by atoms with Crippen molar-refractivity contribution in [2.75, 3.05) is 13.7 Å². The lowest BCUT2D eigenvalue weighted by Crippen LogP contribution is -2.51. The lowest BCUT2D eigenvalue weighted by molar-refractivity contribution is -0.242. The van der Waals surface area contributed by atoms with E-state index in [2.05, 4.69) is 17.6 Å². The van der Waals surface area contributed by atoms with E-state index in [0.717, 1.165) is 50.7 Å². The third-order valence-electron chi connectivity index (χ3n) is 10.3. The summed E-state index contributed by atoms with van der Waals surface area (Å²) in [5.41, 5.74) is -2.77. The Kier molecular flexibility index (Phi) is 8.12. The first-order chi connectivity index (χ1) is 19.8. The Hall–Kier alpha value is -3.05. The lowest BCUT2D eigenvalue weighted by atomic mass is 9.70. The first kappa shape index (κ1) is 30.4. The number of nitrogens with one attached hydrogen (secondary N) is 2. The fourth-order valence-electron chi connectivity index (χ4n) is 7.45. The van der Waals surface area contributed by atoms with Crippen molar-refractivity contribution in [2.24, 2.45) is 28.6 Å². The van der Waals surface area contributed by atoms with Crippen LogP contribution in [0.25, 0.3) is 0 Å². The van der Waals surface area contributed by atoms with Gasteiger partial charge in [0.25, 0.3) is 5.91 Å². The van der Waals surface area contributed by atoms with Gasteiger partial charge in [-0.25, -0.2) is 4.39 Å². The van der Waals surface area contributed by atoms with Crippen molar-refractivity contribution in [3.8, 4) is 11.5 Å². The van der Waals surface area contributed by atoms with E-state index in [4.69, 9.17) is 9.47 Å². The number of carboxylic acid groups (broad SMARTS) is 1. The van der Waals surface area contributed by atoms with Crippen molar-refractivity contribution in [1.29, 1.82) is 0 Å². The molecule has 0 heterocycles. The van der Waals surface area contributed by atoms with Crippen LogP contribution >= 0.6 is 0 Å². The van der Waals surface area contributed by atoms with Gasteiger partial charge in [0.1, 0.15) is 5.75 Å². The molecule has 0 unspecified atom stereocenters. The molecule has 3 N–H and O–H groups in total. The van der Waals surface area contributed by atoms with Crippen molar-refractivity contribution in [3.63, 3.8) is 0 Å². The molecule has 0 aliphatic heterocycles. The predicted molar refractivity (Wildman–Crippen MR) is 143 cm³/mol. The molecule has 4 atom stereocenters. The minimum atomic E-state index is -4.93. The Morgan fingerprint density at radius 3 is 2.26 bits per heavy atom. The summed E-state index contributed by atoms with van der Waals surface area (Å²) < 4.78 is 66.5.